The van der Waals surface area contributed by atoms with E-state index in [1.165, 1.54) is 0 Å². The average Bonchev–Trinajstić information content (AvgIpc) is 2.03. The highest BCUT2D eigenvalue weighted by molar-refractivity contribution is 6.17. The summed E-state index contributed by atoms with van der Waals surface area (Å²) in [5, 5.41) is 3.35. The molecule has 0 amide bonds. The van der Waals surface area contributed by atoms with E-state index in [9.17, 15) is 0 Å². The third kappa shape index (κ3) is 10.1. The van der Waals surface area contributed by atoms with Crippen molar-refractivity contribution < 1.29 is 4.74 Å². The van der Waals surface area contributed by atoms with E-state index in [4.69, 9.17) is 16.3 Å². The van der Waals surface area contributed by atoms with Gasteiger partial charge in [-0.1, -0.05) is 13.8 Å². The van der Waals surface area contributed by atoms with Crippen molar-refractivity contribution in [2.24, 2.45) is 5.92 Å². The average molecular weight is 208 g/mol. The third-order valence-corrected chi connectivity index (χ3v) is 1.95. The highest BCUT2D eigenvalue weighted by Crippen LogP contribution is 1.93. The normalized spacial score (nSPS) is 13.6. The molecule has 2 nitrogen and oxygen atoms in total. The number of halogens is 1. The van der Waals surface area contributed by atoms with Crippen molar-refractivity contribution >= 4 is 11.6 Å². The first kappa shape index (κ1) is 13.2. The molecule has 0 aliphatic heterocycles. The summed E-state index contributed by atoms with van der Waals surface area (Å²) in [6, 6.07) is 0.500. The van der Waals surface area contributed by atoms with E-state index in [1.807, 2.05) is 0 Å². The minimum atomic E-state index is 0.500. The molecule has 3 heteroatoms. The second kappa shape index (κ2) is 8.79. The van der Waals surface area contributed by atoms with Gasteiger partial charge in [-0.05, 0) is 19.3 Å². The van der Waals surface area contributed by atoms with Crippen LogP contribution in [0.25, 0.3) is 0 Å². The van der Waals surface area contributed by atoms with Crippen molar-refractivity contribution in [2.75, 3.05) is 25.6 Å². The minimum absolute atomic E-state index is 0.500. The van der Waals surface area contributed by atoms with Gasteiger partial charge >= 0.3 is 0 Å². The quantitative estimate of drug-likeness (QED) is 0.487. The van der Waals surface area contributed by atoms with Crippen molar-refractivity contribution in [1.29, 1.82) is 0 Å². The van der Waals surface area contributed by atoms with Crippen LogP contribution in [-0.2, 0) is 4.74 Å². The Bertz CT molecular complexity index is 109. The number of hydrogen-bond acceptors (Lipinski definition) is 2. The molecule has 1 N–H and O–H groups in total. The van der Waals surface area contributed by atoms with Crippen LogP contribution in [0, 0.1) is 5.92 Å². The monoisotopic (exact) mass is 207 g/mol. The predicted octanol–water partition coefficient (Wildman–Crippen LogP) is 2.27. The lowest BCUT2D eigenvalue weighted by Crippen LogP contribution is -2.30. The Kier molecular flexibility index (Phi) is 8.93. The summed E-state index contributed by atoms with van der Waals surface area (Å²) in [6.07, 6.45) is 1.02. The van der Waals surface area contributed by atoms with E-state index in [0.29, 0.717) is 12.0 Å². The lowest BCUT2D eigenvalue weighted by Gasteiger charge is -2.12. The molecule has 1 unspecified atom stereocenters. The van der Waals surface area contributed by atoms with Crippen LogP contribution in [-0.4, -0.2) is 31.7 Å². The molecule has 0 saturated carbocycles. The standard InChI is InChI=1S/C10H22ClNO/c1-9(2)8-13-7-6-12-10(3)4-5-11/h9-10,12H,4-8H2,1-3H3. The van der Waals surface area contributed by atoms with E-state index in [-0.39, 0.29) is 0 Å². The SMILES string of the molecule is CC(C)COCCNC(C)CCCl. The predicted molar refractivity (Wildman–Crippen MR) is 58.5 cm³/mol. The lowest BCUT2D eigenvalue weighted by molar-refractivity contribution is 0.110. The van der Waals surface area contributed by atoms with Gasteiger partial charge in [-0.15, -0.1) is 11.6 Å². The Labute approximate surface area is 87.0 Å². The smallest absolute Gasteiger partial charge is 0.0591 e. The molecule has 80 valence electrons. The minimum Gasteiger partial charge on any atom is -0.380 e. The van der Waals surface area contributed by atoms with Crippen LogP contribution in [0.2, 0.25) is 0 Å². The molecule has 0 aromatic rings. The van der Waals surface area contributed by atoms with Crippen LogP contribution < -0.4 is 5.32 Å². The first-order valence-corrected chi connectivity index (χ1v) is 5.57. The molecule has 0 aromatic heterocycles. The van der Waals surface area contributed by atoms with Crippen LogP contribution in [0.3, 0.4) is 0 Å². The van der Waals surface area contributed by atoms with E-state index in [2.05, 4.69) is 26.1 Å². The Morgan fingerprint density at radius 3 is 2.54 bits per heavy atom. The zero-order valence-corrected chi connectivity index (χ0v) is 9.73. The number of nitrogens with one attached hydrogen (secondary N) is 1. The van der Waals surface area contributed by atoms with Crippen molar-refractivity contribution in [3.63, 3.8) is 0 Å². The van der Waals surface area contributed by atoms with Gasteiger partial charge in [-0.2, -0.15) is 0 Å². The van der Waals surface area contributed by atoms with Crippen molar-refractivity contribution in [2.45, 2.75) is 33.2 Å². The summed E-state index contributed by atoms with van der Waals surface area (Å²) in [5.41, 5.74) is 0. The molecule has 0 rings (SSSR count). The molecular weight excluding hydrogens is 186 g/mol. The lowest BCUT2D eigenvalue weighted by atomic mass is 10.2. The molecule has 0 radical (unpaired) electrons. The van der Waals surface area contributed by atoms with Gasteiger partial charge in [-0.3, -0.25) is 0 Å². The Morgan fingerprint density at radius 1 is 1.31 bits per heavy atom. The molecule has 1 atom stereocenters. The first-order chi connectivity index (χ1) is 6.16. The summed E-state index contributed by atoms with van der Waals surface area (Å²) in [6.45, 7) is 9.03. The van der Waals surface area contributed by atoms with Gasteiger partial charge in [0.1, 0.15) is 0 Å². The Hall–Kier alpha value is 0.210. The van der Waals surface area contributed by atoms with Gasteiger partial charge in [0.25, 0.3) is 0 Å². The van der Waals surface area contributed by atoms with Crippen LogP contribution in [0.15, 0.2) is 0 Å². The van der Waals surface area contributed by atoms with E-state index in [0.717, 1.165) is 32.1 Å². The molecule has 0 spiro atoms. The summed E-state index contributed by atoms with van der Waals surface area (Å²) >= 11 is 5.61. The second-order valence-corrected chi connectivity index (χ2v) is 4.18. The molecular formula is C10H22ClNO. The fourth-order valence-corrected chi connectivity index (χ4v) is 1.29. The number of ether oxygens (including phenoxy) is 1. The Morgan fingerprint density at radius 2 is 2.00 bits per heavy atom. The van der Waals surface area contributed by atoms with Crippen LogP contribution in [0.5, 0.6) is 0 Å². The zero-order chi connectivity index (χ0) is 10.1. The Balaban J connectivity index is 3.06. The van der Waals surface area contributed by atoms with Gasteiger partial charge in [0.15, 0.2) is 0 Å². The highest BCUT2D eigenvalue weighted by Gasteiger charge is 1.99. The molecule has 0 bridgehead atoms. The summed E-state index contributed by atoms with van der Waals surface area (Å²) in [7, 11) is 0. The second-order valence-electron chi connectivity index (χ2n) is 3.80. The summed E-state index contributed by atoms with van der Waals surface area (Å²) in [5.74, 6) is 1.35. The number of rotatable bonds is 8. The van der Waals surface area contributed by atoms with Gasteiger partial charge in [-0.25, -0.2) is 0 Å². The maximum Gasteiger partial charge on any atom is 0.0591 e. The third-order valence-electron chi connectivity index (χ3n) is 1.73. The molecule has 0 aromatic carbocycles. The van der Waals surface area contributed by atoms with E-state index < -0.39 is 0 Å². The van der Waals surface area contributed by atoms with E-state index >= 15 is 0 Å². The first-order valence-electron chi connectivity index (χ1n) is 5.04. The van der Waals surface area contributed by atoms with Gasteiger partial charge in [0.2, 0.25) is 0 Å². The van der Waals surface area contributed by atoms with Crippen molar-refractivity contribution in [1.82, 2.24) is 5.32 Å². The van der Waals surface area contributed by atoms with Crippen molar-refractivity contribution in [3.05, 3.63) is 0 Å². The number of hydrogen-bond donors (Lipinski definition) is 1. The molecule has 0 saturated heterocycles. The topological polar surface area (TPSA) is 21.3 Å². The summed E-state index contributed by atoms with van der Waals surface area (Å²) in [4.78, 5) is 0. The van der Waals surface area contributed by atoms with E-state index in [1.54, 1.807) is 0 Å². The van der Waals surface area contributed by atoms with Gasteiger partial charge in [0.05, 0.1) is 6.61 Å². The van der Waals surface area contributed by atoms with Gasteiger partial charge < -0.3 is 10.1 Å². The van der Waals surface area contributed by atoms with Crippen LogP contribution >= 0.6 is 11.6 Å². The van der Waals surface area contributed by atoms with Crippen LogP contribution in [0.1, 0.15) is 27.2 Å². The summed E-state index contributed by atoms with van der Waals surface area (Å²) < 4.78 is 5.43. The van der Waals surface area contributed by atoms with Crippen molar-refractivity contribution in [3.8, 4) is 0 Å². The maximum absolute atomic E-state index is 5.61. The van der Waals surface area contributed by atoms with Gasteiger partial charge in [0, 0.05) is 25.1 Å². The zero-order valence-electron chi connectivity index (χ0n) is 8.98. The fourth-order valence-electron chi connectivity index (χ4n) is 0.962. The fraction of sp³-hybridized carbons (Fsp3) is 1.00. The molecule has 0 fully saturated rings. The molecule has 0 aliphatic rings. The highest BCUT2D eigenvalue weighted by atomic mass is 35.5. The molecule has 0 heterocycles. The molecule has 13 heavy (non-hydrogen) atoms. The van der Waals surface area contributed by atoms with Crippen LogP contribution in [0.4, 0.5) is 0 Å². The molecule has 0 aliphatic carbocycles. The largest absolute Gasteiger partial charge is 0.380 e. The maximum atomic E-state index is 5.61. The number of alkyl halides is 1.